The third-order valence-corrected chi connectivity index (χ3v) is 3.41. The third kappa shape index (κ3) is 2.85. The molecule has 0 saturated carbocycles. The first-order chi connectivity index (χ1) is 6.40. The Labute approximate surface area is 99.2 Å². The van der Waals surface area contributed by atoms with Crippen molar-refractivity contribution in [2.75, 3.05) is 20.6 Å². The molecule has 1 unspecified atom stereocenters. The number of hydrogen-bond acceptors (Lipinski definition) is 1. The molecular weight excluding hydrogens is 212 g/mol. The average Bonchev–Trinajstić information content (AvgIpc) is 2.01. The van der Waals surface area contributed by atoms with Gasteiger partial charge in [-0.3, -0.25) is 9.69 Å². The maximum atomic E-state index is 12.1. The molecule has 15 heavy (non-hydrogen) atoms. The summed E-state index contributed by atoms with van der Waals surface area (Å²) in [6.45, 7) is 7.10. The molecule has 1 N–H and O–H groups in total. The molecule has 0 bridgehead atoms. The summed E-state index contributed by atoms with van der Waals surface area (Å²) in [6, 6.07) is 0. The Hall–Kier alpha value is -0.280. The molecule has 0 aromatic rings. The Morgan fingerprint density at radius 3 is 2.27 bits per heavy atom. The molecule has 0 aliphatic carbocycles. The van der Waals surface area contributed by atoms with Crippen molar-refractivity contribution in [1.82, 2.24) is 4.90 Å². The van der Waals surface area contributed by atoms with Crippen LogP contribution < -0.4 is 17.3 Å². The van der Waals surface area contributed by atoms with Crippen LogP contribution in [-0.4, -0.2) is 37.6 Å². The van der Waals surface area contributed by atoms with Gasteiger partial charge in [0.25, 0.3) is 0 Å². The van der Waals surface area contributed by atoms with Gasteiger partial charge in [0.05, 0.1) is 14.1 Å². The fourth-order valence-electron chi connectivity index (χ4n) is 1.77. The van der Waals surface area contributed by atoms with Gasteiger partial charge >= 0.3 is 0 Å². The van der Waals surface area contributed by atoms with E-state index in [4.69, 9.17) is 0 Å². The van der Waals surface area contributed by atoms with E-state index >= 15 is 0 Å². The molecule has 1 aliphatic rings. The van der Waals surface area contributed by atoms with Gasteiger partial charge in [-0.05, 0) is 6.42 Å². The lowest BCUT2D eigenvalue weighted by atomic mass is 9.87. The topological polar surface area (TPSA) is 24.8 Å². The molecular formula is C11H23ClN2O. The summed E-state index contributed by atoms with van der Waals surface area (Å²) in [7, 11) is 4.23. The van der Waals surface area contributed by atoms with Crippen molar-refractivity contribution in [2.45, 2.75) is 39.8 Å². The van der Waals surface area contributed by atoms with E-state index < -0.39 is 0 Å². The Balaban J connectivity index is 0.00000196. The lowest BCUT2D eigenvalue weighted by Gasteiger charge is -2.44. The summed E-state index contributed by atoms with van der Waals surface area (Å²) in [6.07, 6.45) is 2.47. The van der Waals surface area contributed by atoms with Gasteiger partial charge in [-0.1, -0.05) is 20.8 Å². The van der Waals surface area contributed by atoms with Crippen LogP contribution >= 0.6 is 0 Å². The molecule has 1 amide bonds. The minimum absolute atomic E-state index is 0. The first kappa shape index (κ1) is 14.7. The number of quaternary nitrogens is 1. The molecule has 1 aliphatic heterocycles. The summed E-state index contributed by atoms with van der Waals surface area (Å²) in [4.78, 5) is 15.5. The number of likely N-dealkylation sites (tertiary alicyclic amines) is 1. The van der Waals surface area contributed by atoms with E-state index in [9.17, 15) is 4.79 Å². The van der Waals surface area contributed by atoms with Crippen LogP contribution in [-0.2, 0) is 4.79 Å². The van der Waals surface area contributed by atoms with Crippen LogP contribution in [0.2, 0.25) is 0 Å². The molecule has 90 valence electrons. The zero-order valence-electron chi connectivity index (χ0n) is 10.4. The minimum atomic E-state index is -0.186. The second-order valence-electron chi connectivity index (χ2n) is 5.12. The lowest BCUT2D eigenvalue weighted by Crippen LogP contribution is -3.14. The van der Waals surface area contributed by atoms with E-state index in [2.05, 4.69) is 21.0 Å². The second kappa shape index (κ2) is 5.17. The number of nitrogens with zero attached hydrogens (tertiary/aromatic N) is 1. The van der Waals surface area contributed by atoms with Crippen LogP contribution in [0.4, 0.5) is 0 Å². The Morgan fingerprint density at radius 1 is 1.47 bits per heavy atom. The summed E-state index contributed by atoms with van der Waals surface area (Å²) in [5, 5.41) is 0. The highest BCUT2D eigenvalue weighted by molar-refractivity contribution is 5.82. The minimum Gasteiger partial charge on any atom is -1.00 e. The highest BCUT2D eigenvalue weighted by atomic mass is 35.5. The average molecular weight is 235 g/mol. The van der Waals surface area contributed by atoms with Crippen molar-refractivity contribution in [3.05, 3.63) is 0 Å². The highest BCUT2D eigenvalue weighted by Crippen LogP contribution is 2.26. The second-order valence-corrected chi connectivity index (χ2v) is 5.12. The molecule has 0 radical (unpaired) electrons. The fraction of sp³-hybridized carbons (Fsp3) is 0.909. The van der Waals surface area contributed by atoms with Gasteiger partial charge in [0.2, 0.25) is 5.91 Å². The normalized spacial score (nSPS) is 20.9. The van der Waals surface area contributed by atoms with Crippen LogP contribution in [0, 0.1) is 5.41 Å². The Morgan fingerprint density at radius 2 is 2.00 bits per heavy atom. The summed E-state index contributed by atoms with van der Waals surface area (Å²) < 4.78 is 0. The van der Waals surface area contributed by atoms with Crippen LogP contribution in [0.3, 0.4) is 0 Å². The van der Waals surface area contributed by atoms with E-state index in [0.29, 0.717) is 12.1 Å². The van der Waals surface area contributed by atoms with Crippen molar-refractivity contribution in [2.24, 2.45) is 5.41 Å². The number of halogens is 1. The molecule has 1 fully saturated rings. The van der Waals surface area contributed by atoms with Crippen molar-refractivity contribution in [1.29, 1.82) is 0 Å². The van der Waals surface area contributed by atoms with Gasteiger partial charge in [0.15, 0.2) is 6.17 Å². The van der Waals surface area contributed by atoms with Crippen molar-refractivity contribution in [3.8, 4) is 0 Å². The number of amides is 1. The zero-order chi connectivity index (χ0) is 10.9. The maximum absolute atomic E-state index is 12.1. The van der Waals surface area contributed by atoms with Crippen LogP contribution in [0.15, 0.2) is 0 Å². The van der Waals surface area contributed by atoms with Crippen LogP contribution in [0.5, 0.6) is 0 Å². The van der Waals surface area contributed by atoms with Gasteiger partial charge < -0.3 is 17.3 Å². The van der Waals surface area contributed by atoms with E-state index in [1.807, 2.05) is 18.7 Å². The number of carbonyl (C=O) groups excluding carboxylic acids is 1. The van der Waals surface area contributed by atoms with E-state index in [-0.39, 0.29) is 17.8 Å². The first-order valence-electron chi connectivity index (χ1n) is 5.51. The highest BCUT2D eigenvalue weighted by Gasteiger charge is 2.42. The van der Waals surface area contributed by atoms with Gasteiger partial charge in [-0.2, -0.15) is 0 Å². The predicted octanol–water partition coefficient (Wildman–Crippen LogP) is -2.87. The molecule has 1 saturated heterocycles. The molecule has 1 heterocycles. The van der Waals surface area contributed by atoms with E-state index in [1.165, 1.54) is 4.90 Å². The van der Waals surface area contributed by atoms with Gasteiger partial charge in [0, 0.05) is 18.4 Å². The molecule has 0 spiro atoms. The molecule has 1 atom stereocenters. The summed E-state index contributed by atoms with van der Waals surface area (Å²) in [5.41, 5.74) is -0.186. The third-order valence-electron chi connectivity index (χ3n) is 3.41. The SMILES string of the molecule is CCC(C)(C)C(=O)N1CCC1[NH+](C)C.[Cl-]. The number of rotatable bonds is 3. The van der Waals surface area contributed by atoms with Gasteiger partial charge in [-0.15, -0.1) is 0 Å². The molecule has 4 heteroatoms. The Bertz CT molecular complexity index is 229. The quantitative estimate of drug-likeness (QED) is 0.558. The lowest BCUT2D eigenvalue weighted by molar-refractivity contribution is -0.904. The fourth-order valence-corrected chi connectivity index (χ4v) is 1.77. The van der Waals surface area contributed by atoms with Gasteiger partial charge in [-0.25, -0.2) is 0 Å². The number of carbonyl (C=O) groups is 1. The van der Waals surface area contributed by atoms with Crippen molar-refractivity contribution in [3.63, 3.8) is 0 Å². The number of hydrogen-bond donors (Lipinski definition) is 1. The predicted molar refractivity (Wildman–Crippen MR) is 57.0 cm³/mol. The van der Waals surface area contributed by atoms with Crippen molar-refractivity contribution >= 4 is 5.91 Å². The molecule has 3 nitrogen and oxygen atoms in total. The molecule has 1 rings (SSSR count). The largest absolute Gasteiger partial charge is 1.00 e. The first-order valence-corrected chi connectivity index (χ1v) is 5.51. The van der Waals surface area contributed by atoms with E-state index in [0.717, 1.165) is 19.4 Å². The van der Waals surface area contributed by atoms with Gasteiger partial charge in [0.1, 0.15) is 0 Å². The molecule has 0 aromatic carbocycles. The smallest absolute Gasteiger partial charge is 0.232 e. The number of nitrogens with one attached hydrogen (secondary N) is 1. The van der Waals surface area contributed by atoms with E-state index in [1.54, 1.807) is 0 Å². The summed E-state index contributed by atoms with van der Waals surface area (Å²) in [5.74, 6) is 0.317. The maximum Gasteiger partial charge on any atom is 0.232 e. The Kier molecular flexibility index (Phi) is 5.07. The van der Waals surface area contributed by atoms with Crippen molar-refractivity contribution < 1.29 is 22.1 Å². The molecule has 0 aromatic heterocycles. The van der Waals surface area contributed by atoms with Crippen LogP contribution in [0.25, 0.3) is 0 Å². The monoisotopic (exact) mass is 234 g/mol. The zero-order valence-corrected chi connectivity index (χ0v) is 11.2. The standard InChI is InChI=1S/C11H22N2O.ClH/c1-6-11(2,3)10(14)13-8-7-9(13)12(4)5;/h9H,6-8H2,1-5H3;1H. The van der Waals surface area contributed by atoms with Crippen LogP contribution in [0.1, 0.15) is 33.6 Å². The summed E-state index contributed by atoms with van der Waals surface area (Å²) >= 11 is 0.